The number of ether oxygens (including phenoxy) is 2. The van der Waals surface area contributed by atoms with E-state index >= 15 is 0 Å². The van der Waals surface area contributed by atoms with Gasteiger partial charge in [-0.25, -0.2) is 0 Å². The molecule has 1 aliphatic rings. The van der Waals surface area contributed by atoms with E-state index in [1.807, 2.05) is 26.0 Å². The van der Waals surface area contributed by atoms with Crippen LogP contribution in [0.2, 0.25) is 0 Å². The Hall–Kier alpha value is -1.71. The molecular formula is C19H29NO3. The SMILES string of the molecule is COc1ccc(CC[C@@H]2CCCCN2C(=O)C(C)C)cc1OC. The molecule has 0 bridgehead atoms. The molecule has 0 aliphatic carbocycles. The summed E-state index contributed by atoms with van der Waals surface area (Å²) < 4.78 is 10.7. The number of likely N-dealkylation sites (tertiary alicyclic amines) is 1. The molecule has 1 amide bonds. The molecule has 1 fully saturated rings. The Labute approximate surface area is 139 Å². The van der Waals surface area contributed by atoms with Gasteiger partial charge in [-0.2, -0.15) is 0 Å². The Balaban J connectivity index is 2.02. The van der Waals surface area contributed by atoms with Crippen molar-refractivity contribution in [2.45, 2.75) is 52.0 Å². The number of benzene rings is 1. The van der Waals surface area contributed by atoms with Gasteiger partial charge >= 0.3 is 0 Å². The molecule has 0 spiro atoms. The molecule has 1 heterocycles. The molecule has 0 N–H and O–H groups in total. The Bertz CT molecular complexity index is 527. The molecule has 4 heteroatoms. The maximum Gasteiger partial charge on any atom is 0.225 e. The summed E-state index contributed by atoms with van der Waals surface area (Å²) in [5.41, 5.74) is 1.23. The fraction of sp³-hybridized carbons (Fsp3) is 0.632. The van der Waals surface area contributed by atoms with Crippen LogP contribution >= 0.6 is 0 Å². The minimum absolute atomic E-state index is 0.0803. The van der Waals surface area contributed by atoms with Crippen molar-refractivity contribution in [3.8, 4) is 11.5 Å². The van der Waals surface area contributed by atoms with Gasteiger partial charge in [-0.15, -0.1) is 0 Å². The molecule has 23 heavy (non-hydrogen) atoms. The lowest BCUT2D eigenvalue weighted by atomic mass is 9.94. The van der Waals surface area contributed by atoms with Crippen molar-refractivity contribution in [3.05, 3.63) is 23.8 Å². The summed E-state index contributed by atoms with van der Waals surface area (Å²) in [7, 11) is 3.31. The van der Waals surface area contributed by atoms with E-state index in [0.29, 0.717) is 11.9 Å². The number of nitrogens with zero attached hydrogens (tertiary/aromatic N) is 1. The largest absolute Gasteiger partial charge is 0.493 e. The number of aryl methyl sites for hydroxylation is 1. The number of methoxy groups -OCH3 is 2. The second-order valence-corrected chi connectivity index (χ2v) is 6.56. The van der Waals surface area contributed by atoms with E-state index in [4.69, 9.17) is 9.47 Å². The van der Waals surface area contributed by atoms with Gasteiger partial charge in [0.15, 0.2) is 11.5 Å². The molecule has 128 valence electrons. The van der Waals surface area contributed by atoms with Crippen LogP contribution in [-0.4, -0.2) is 37.6 Å². The molecule has 0 unspecified atom stereocenters. The summed E-state index contributed by atoms with van der Waals surface area (Å²) in [4.78, 5) is 14.5. The highest BCUT2D eigenvalue weighted by Crippen LogP contribution is 2.29. The molecule has 1 aliphatic heterocycles. The number of hydrogen-bond donors (Lipinski definition) is 0. The predicted molar refractivity (Wildman–Crippen MR) is 92.1 cm³/mol. The number of amides is 1. The molecule has 0 radical (unpaired) electrons. The van der Waals surface area contributed by atoms with E-state index in [1.165, 1.54) is 12.0 Å². The third-order valence-corrected chi connectivity index (χ3v) is 4.62. The van der Waals surface area contributed by atoms with Crippen LogP contribution in [0.1, 0.15) is 45.1 Å². The minimum Gasteiger partial charge on any atom is -0.493 e. The summed E-state index contributed by atoms with van der Waals surface area (Å²) in [5.74, 6) is 1.90. The molecule has 2 rings (SSSR count). The first-order chi connectivity index (χ1) is 11.1. The van der Waals surface area contributed by atoms with Crippen molar-refractivity contribution in [1.82, 2.24) is 4.90 Å². The summed E-state index contributed by atoms with van der Waals surface area (Å²) in [5, 5.41) is 0. The monoisotopic (exact) mass is 319 g/mol. The van der Waals surface area contributed by atoms with Crippen molar-refractivity contribution in [3.63, 3.8) is 0 Å². The van der Waals surface area contributed by atoms with Crippen LogP contribution in [0.25, 0.3) is 0 Å². The summed E-state index contributed by atoms with van der Waals surface area (Å²) in [6.07, 6.45) is 5.43. The van der Waals surface area contributed by atoms with Crippen molar-refractivity contribution < 1.29 is 14.3 Å². The van der Waals surface area contributed by atoms with Gasteiger partial charge in [0.2, 0.25) is 5.91 Å². The van der Waals surface area contributed by atoms with Crippen LogP contribution in [0, 0.1) is 5.92 Å². The molecule has 1 saturated heterocycles. The first-order valence-corrected chi connectivity index (χ1v) is 8.58. The zero-order chi connectivity index (χ0) is 16.8. The molecule has 1 atom stereocenters. The van der Waals surface area contributed by atoms with Gasteiger partial charge in [0, 0.05) is 18.5 Å². The fourth-order valence-corrected chi connectivity index (χ4v) is 3.29. The first-order valence-electron chi connectivity index (χ1n) is 8.58. The molecular weight excluding hydrogens is 290 g/mol. The van der Waals surface area contributed by atoms with Gasteiger partial charge in [0.05, 0.1) is 14.2 Å². The standard InChI is InChI=1S/C19H29NO3/c1-14(2)19(21)20-12-6-5-7-16(20)10-8-15-9-11-17(22-3)18(13-15)23-4/h9,11,13-14,16H,5-8,10,12H2,1-4H3/t16-/m0/s1. The van der Waals surface area contributed by atoms with Crippen LogP contribution in [0.4, 0.5) is 0 Å². The van der Waals surface area contributed by atoms with Gasteiger partial charge in [0.1, 0.15) is 0 Å². The van der Waals surface area contributed by atoms with E-state index in [2.05, 4.69) is 11.0 Å². The maximum atomic E-state index is 12.4. The fourth-order valence-electron chi connectivity index (χ4n) is 3.29. The number of carbonyl (C=O) groups is 1. The van der Waals surface area contributed by atoms with Crippen molar-refractivity contribution in [2.24, 2.45) is 5.92 Å². The van der Waals surface area contributed by atoms with E-state index < -0.39 is 0 Å². The predicted octanol–water partition coefficient (Wildman–Crippen LogP) is 3.67. The number of piperidine rings is 1. The van der Waals surface area contributed by atoms with E-state index in [0.717, 1.165) is 43.7 Å². The molecule has 1 aromatic rings. The first kappa shape index (κ1) is 17.6. The molecule has 0 aromatic heterocycles. The number of carbonyl (C=O) groups excluding carboxylic acids is 1. The second kappa shape index (κ2) is 8.23. The Morgan fingerprint density at radius 3 is 2.61 bits per heavy atom. The average molecular weight is 319 g/mol. The number of hydrogen-bond acceptors (Lipinski definition) is 3. The molecule has 1 aromatic carbocycles. The second-order valence-electron chi connectivity index (χ2n) is 6.56. The highest BCUT2D eigenvalue weighted by Gasteiger charge is 2.27. The lowest BCUT2D eigenvalue weighted by Crippen LogP contribution is -2.45. The topological polar surface area (TPSA) is 38.8 Å². The van der Waals surface area contributed by atoms with Crippen molar-refractivity contribution in [1.29, 1.82) is 0 Å². The van der Waals surface area contributed by atoms with Gasteiger partial charge in [0.25, 0.3) is 0 Å². The van der Waals surface area contributed by atoms with Crippen LogP contribution in [0.5, 0.6) is 11.5 Å². The van der Waals surface area contributed by atoms with Crippen LogP contribution in [-0.2, 0) is 11.2 Å². The third kappa shape index (κ3) is 4.40. The minimum atomic E-state index is 0.0803. The third-order valence-electron chi connectivity index (χ3n) is 4.62. The summed E-state index contributed by atoms with van der Waals surface area (Å²) >= 11 is 0. The van der Waals surface area contributed by atoms with Crippen LogP contribution in [0.15, 0.2) is 18.2 Å². The number of rotatable bonds is 6. The molecule has 0 saturated carbocycles. The van der Waals surface area contributed by atoms with Crippen molar-refractivity contribution >= 4 is 5.91 Å². The van der Waals surface area contributed by atoms with Gasteiger partial charge < -0.3 is 14.4 Å². The van der Waals surface area contributed by atoms with Crippen LogP contribution in [0.3, 0.4) is 0 Å². The Morgan fingerprint density at radius 1 is 1.22 bits per heavy atom. The van der Waals surface area contributed by atoms with Crippen LogP contribution < -0.4 is 9.47 Å². The normalized spacial score (nSPS) is 18.1. The smallest absolute Gasteiger partial charge is 0.225 e. The summed E-state index contributed by atoms with van der Waals surface area (Å²) in [6.45, 7) is 4.89. The van der Waals surface area contributed by atoms with Gasteiger partial charge in [-0.05, 0) is 49.8 Å². The average Bonchev–Trinajstić information content (AvgIpc) is 2.59. The Morgan fingerprint density at radius 2 is 1.96 bits per heavy atom. The van der Waals surface area contributed by atoms with E-state index in [1.54, 1.807) is 14.2 Å². The maximum absolute atomic E-state index is 12.4. The Kier molecular flexibility index (Phi) is 6.31. The summed E-state index contributed by atoms with van der Waals surface area (Å²) in [6, 6.07) is 6.44. The van der Waals surface area contributed by atoms with Gasteiger partial charge in [-0.3, -0.25) is 4.79 Å². The lowest BCUT2D eigenvalue weighted by molar-refractivity contribution is -0.138. The van der Waals surface area contributed by atoms with E-state index in [-0.39, 0.29) is 5.92 Å². The zero-order valence-corrected chi connectivity index (χ0v) is 14.8. The van der Waals surface area contributed by atoms with Gasteiger partial charge in [-0.1, -0.05) is 19.9 Å². The highest BCUT2D eigenvalue weighted by molar-refractivity contribution is 5.78. The molecule has 4 nitrogen and oxygen atoms in total. The zero-order valence-electron chi connectivity index (χ0n) is 14.8. The van der Waals surface area contributed by atoms with Crippen molar-refractivity contribution in [2.75, 3.05) is 20.8 Å². The highest BCUT2D eigenvalue weighted by atomic mass is 16.5. The quantitative estimate of drug-likeness (QED) is 0.803. The van der Waals surface area contributed by atoms with E-state index in [9.17, 15) is 4.79 Å². The lowest BCUT2D eigenvalue weighted by Gasteiger charge is -2.37.